The van der Waals surface area contributed by atoms with Crippen molar-refractivity contribution in [3.63, 3.8) is 0 Å². The smallest absolute Gasteiger partial charge is 0.239 e. The molecule has 204 valence electrons. The Kier molecular flexibility index (Phi) is 8.39. The molecule has 2 aliphatic carbocycles. The molecule has 0 aromatic heterocycles. The minimum Gasteiger partial charge on any atom is -0.370 e. The molecule has 1 saturated carbocycles. The van der Waals surface area contributed by atoms with Gasteiger partial charge >= 0.3 is 0 Å². The first kappa shape index (κ1) is 27.2. The molecule has 3 fully saturated rings. The van der Waals surface area contributed by atoms with Crippen molar-refractivity contribution < 1.29 is 9.53 Å². The van der Waals surface area contributed by atoms with Gasteiger partial charge in [-0.1, -0.05) is 76.4 Å². The highest BCUT2D eigenvalue weighted by atomic mass is 35.5. The van der Waals surface area contributed by atoms with Crippen LogP contribution in [0.15, 0.2) is 36.4 Å². The first-order valence-electron chi connectivity index (χ1n) is 14.8. The molecule has 5 heteroatoms. The highest BCUT2D eigenvalue weighted by Crippen LogP contribution is 2.46. The number of fused-ring (bicyclic) bond motifs is 2. The number of amides is 1. The van der Waals surface area contributed by atoms with E-state index < -0.39 is 0 Å². The lowest BCUT2D eigenvalue weighted by Crippen LogP contribution is -2.57. The molecule has 4 aliphatic rings. The van der Waals surface area contributed by atoms with Crippen molar-refractivity contribution >= 4 is 17.5 Å². The lowest BCUT2D eigenvalue weighted by Gasteiger charge is -2.50. The number of ether oxygens (including phenoxy) is 1. The second-order valence-electron chi connectivity index (χ2n) is 13.2. The van der Waals surface area contributed by atoms with Crippen molar-refractivity contribution in [2.45, 2.75) is 96.8 Å². The highest BCUT2D eigenvalue weighted by Gasteiger charge is 2.46. The van der Waals surface area contributed by atoms with E-state index in [1.807, 2.05) is 12.1 Å². The van der Waals surface area contributed by atoms with E-state index in [1.54, 1.807) is 0 Å². The Labute approximate surface area is 229 Å². The van der Waals surface area contributed by atoms with Gasteiger partial charge in [-0.3, -0.25) is 4.79 Å². The van der Waals surface area contributed by atoms with Gasteiger partial charge in [0.2, 0.25) is 5.91 Å². The molecule has 0 bridgehead atoms. The normalized spacial score (nSPS) is 34.1. The molecule has 2 heterocycles. The standard InChI is InChI=1S/C32H47ClN2O2/c1-21(2)30(31(36)35-18-17-27(32(3,4)20-35)22-13-15-23(33)16-14-22)34-19-26-24-9-5-7-11-28(24)37-29-12-8-6-10-25(26)29/h7,11,13-16,21,24-30,34H,5-6,8-10,12,17-20H2,1-4H3/t24?,25?,26?,27?,28?,29?,30-/m1/s1. The number of allylic oxidation sites excluding steroid dienone is 1. The summed E-state index contributed by atoms with van der Waals surface area (Å²) < 4.78 is 6.60. The Bertz CT molecular complexity index is 958. The summed E-state index contributed by atoms with van der Waals surface area (Å²) in [5.41, 5.74) is 1.35. The van der Waals surface area contributed by atoms with Crippen molar-refractivity contribution in [2.24, 2.45) is 29.1 Å². The van der Waals surface area contributed by atoms with Crippen LogP contribution >= 0.6 is 11.6 Å². The molecule has 1 aromatic rings. The fraction of sp³-hybridized carbons (Fsp3) is 0.719. The molecule has 2 aliphatic heterocycles. The van der Waals surface area contributed by atoms with E-state index in [-0.39, 0.29) is 29.4 Å². The Morgan fingerprint density at radius 2 is 1.86 bits per heavy atom. The molecule has 1 amide bonds. The molecule has 2 saturated heterocycles. The second-order valence-corrected chi connectivity index (χ2v) is 13.6. The quantitative estimate of drug-likeness (QED) is 0.413. The van der Waals surface area contributed by atoms with Crippen LogP contribution < -0.4 is 5.32 Å². The van der Waals surface area contributed by atoms with Crippen LogP contribution in [0.2, 0.25) is 5.02 Å². The van der Waals surface area contributed by atoms with Gasteiger partial charge in [0, 0.05) is 18.1 Å². The largest absolute Gasteiger partial charge is 0.370 e. The van der Waals surface area contributed by atoms with Gasteiger partial charge in [0.25, 0.3) is 0 Å². The zero-order chi connectivity index (χ0) is 26.2. The summed E-state index contributed by atoms with van der Waals surface area (Å²) in [4.78, 5) is 16.1. The lowest BCUT2D eigenvalue weighted by atomic mass is 9.66. The minimum atomic E-state index is -0.134. The van der Waals surface area contributed by atoms with Gasteiger partial charge in [0.1, 0.15) is 0 Å². The summed E-state index contributed by atoms with van der Waals surface area (Å²) in [6.45, 7) is 11.6. The van der Waals surface area contributed by atoms with Gasteiger partial charge in [-0.25, -0.2) is 0 Å². The molecular formula is C32H47ClN2O2. The van der Waals surface area contributed by atoms with Crippen LogP contribution in [0.25, 0.3) is 0 Å². The van der Waals surface area contributed by atoms with E-state index >= 15 is 0 Å². The molecule has 1 aromatic carbocycles. The van der Waals surface area contributed by atoms with E-state index in [0.29, 0.717) is 29.8 Å². The van der Waals surface area contributed by atoms with Crippen molar-refractivity contribution in [1.82, 2.24) is 10.2 Å². The van der Waals surface area contributed by atoms with Crippen LogP contribution in [0, 0.1) is 29.1 Å². The van der Waals surface area contributed by atoms with E-state index in [2.05, 4.69) is 62.2 Å². The fourth-order valence-electron chi connectivity index (χ4n) is 7.96. The zero-order valence-electron chi connectivity index (χ0n) is 23.3. The number of carbonyl (C=O) groups excluding carboxylic acids is 1. The third kappa shape index (κ3) is 5.82. The van der Waals surface area contributed by atoms with Crippen molar-refractivity contribution in [3.8, 4) is 0 Å². The number of carbonyl (C=O) groups is 1. The molecule has 6 unspecified atom stereocenters. The molecule has 1 N–H and O–H groups in total. The van der Waals surface area contributed by atoms with Gasteiger partial charge in [-0.15, -0.1) is 0 Å². The van der Waals surface area contributed by atoms with Gasteiger partial charge in [-0.05, 0) is 91.3 Å². The summed E-state index contributed by atoms with van der Waals surface area (Å²) >= 11 is 6.14. The van der Waals surface area contributed by atoms with Crippen molar-refractivity contribution in [3.05, 3.63) is 47.0 Å². The third-order valence-electron chi connectivity index (χ3n) is 9.92. The fourth-order valence-corrected chi connectivity index (χ4v) is 8.09. The Morgan fingerprint density at radius 3 is 2.59 bits per heavy atom. The molecule has 37 heavy (non-hydrogen) atoms. The second kappa shape index (κ2) is 11.4. The highest BCUT2D eigenvalue weighted by molar-refractivity contribution is 6.30. The number of hydrogen-bond donors (Lipinski definition) is 1. The Morgan fingerprint density at radius 1 is 1.11 bits per heavy atom. The molecule has 0 radical (unpaired) electrons. The van der Waals surface area contributed by atoms with Crippen LogP contribution in [0.1, 0.15) is 84.1 Å². The third-order valence-corrected chi connectivity index (χ3v) is 10.2. The summed E-state index contributed by atoms with van der Waals surface area (Å²) in [5, 5.41) is 4.62. The zero-order valence-corrected chi connectivity index (χ0v) is 24.1. The van der Waals surface area contributed by atoms with Gasteiger partial charge in [0.05, 0.1) is 18.2 Å². The predicted octanol–water partition coefficient (Wildman–Crippen LogP) is 6.84. The lowest BCUT2D eigenvalue weighted by molar-refractivity contribution is -0.146. The predicted molar refractivity (Wildman–Crippen MR) is 152 cm³/mol. The topological polar surface area (TPSA) is 41.6 Å². The van der Waals surface area contributed by atoms with E-state index in [1.165, 1.54) is 37.7 Å². The van der Waals surface area contributed by atoms with E-state index in [4.69, 9.17) is 16.3 Å². The summed E-state index contributed by atoms with van der Waals surface area (Å²) in [7, 11) is 0. The molecule has 5 rings (SSSR count). The van der Waals surface area contributed by atoms with Gasteiger partial charge in [-0.2, -0.15) is 0 Å². The SMILES string of the molecule is CC(C)[C@@H](NCC1C2CCC=CC2OC2CCCCC21)C(=O)N1CCC(c2ccc(Cl)cc2)C(C)(C)C1. The van der Waals surface area contributed by atoms with Crippen LogP contribution in [-0.2, 0) is 9.53 Å². The number of nitrogens with one attached hydrogen (secondary N) is 1. The maximum Gasteiger partial charge on any atom is 0.239 e. The summed E-state index contributed by atoms with van der Waals surface area (Å²) in [5.74, 6) is 2.77. The molecule has 7 atom stereocenters. The van der Waals surface area contributed by atoms with Crippen LogP contribution in [0.4, 0.5) is 0 Å². The van der Waals surface area contributed by atoms with E-state index in [0.717, 1.165) is 37.5 Å². The number of piperidine rings is 1. The minimum absolute atomic E-state index is 0.0148. The molecule has 4 nitrogen and oxygen atoms in total. The summed E-state index contributed by atoms with van der Waals surface area (Å²) in [6, 6.07) is 8.16. The van der Waals surface area contributed by atoms with E-state index in [9.17, 15) is 4.79 Å². The molecular weight excluding hydrogens is 480 g/mol. The van der Waals surface area contributed by atoms with Crippen molar-refractivity contribution in [1.29, 1.82) is 0 Å². The number of rotatable bonds is 6. The Hall–Kier alpha value is -1.36. The van der Waals surface area contributed by atoms with Crippen LogP contribution in [0.3, 0.4) is 0 Å². The Balaban J connectivity index is 1.26. The van der Waals surface area contributed by atoms with Crippen LogP contribution in [-0.4, -0.2) is 48.7 Å². The first-order chi connectivity index (χ1) is 17.7. The first-order valence-corrected chi connectivity index (χ1v) is 15.2. The number of benzene rings is 1. The average Bonchev–Trinajstić information content (AvgIpc) is 2.88. The average molecular weight is 527 g/mol. The molecule has 0 spiro atoms. The van der Waals surface area contributed by atoms with Crippen LogP contribution in [0.5, 0.6) is 0 Å². The number of hydrogen-bond acceptors (Lipinski definition) is 3. The maximum absolute atomic E-state index is 14.0. The monoisotopic (exact) mass is 526 g/mol. The number of nitrogens with zero attached hydrogens (tertiary/aromatic N) is 1. The van der Waals surface area contributed by atoms with Gasteiger partial charge < -0.3 is 15.0 Å². The number of halogens is 1. The summed E-state index contributed by atoms with van der Waals surface area (Å²) in [6.07, 6.45) is 13.7. The van der Waals surface area contributed by atoms with Crippen molar-refractivity contribution in [2.75, 3.05) is 19.6 Å². The van der Waals surface area contributed by atoms with Gasteiger partial charge in [0.15, 0.2) is 0 Å². The maximum atomic E-state index is 14.0. The number of likely N-dealkylation sites (tertiary alicyclic amines) is 1.